The van der Waals surface area contributed by atoms with E-state index in [2.05, 4.69) is 5.32 Å². The predicted molar refractivity (Wildman–Crippen MR) is 119 cm³/mol. The summed E-state index contributed by atoms with van der Waals surface area (Å²) in [4.78, 5) is 13.2. The van der Waals surface area contributed by atoms with Crippen molar-refractivity contribution in [2.45, 2.75) is 12.5 Å². The van der Waals surface area contributed by atoms with E-state index in [0.29, 0.717) is 23.5 Å². The highest BCUT2D eigenvalue weighted by Crippen LogP contribution is 2.27. The fourth-order valence-corrected chi connectivity index (χ4v) is 3.31. The molecule has 0 saturated heterocycles. The van der Waals surface area contributed by atoms with Gasteiger partial charge < -0.3 is 24.3 Å². The first kappa shape index (κ1) is 22.0. The van der Waals surface area contributed by atoms with Gasteiger partial charge in [-0.1, -0.05) is 24.3 Å². The summed E-state index contributed by atoms with van der Waals surface area (Å²) in [6.07, 6.45) is 0.606. The van der Waals surface area contributed by atoms with E-state index in [9.17, 15) is 4.79 Å². The van der Waals surface area contributed by atoms with Crippen LogP contribution in [0.15, 0.2) is 66.7 Å². The van der Waals surface area contributed by atoms with E-state index < -0.39 is 0 Å². The molecule has 31 heavy (non-hydrogen) atoms. The SMILES string of the molecule is COc1ccc(CC(NC(=O)c2cc(OC)ccc2OC)c2ccc(OC)cc2)cc1. The minimum atomic E-state index is -0.261. The Morgan fingerprint density at radius 2 is 1.29 bits per heavy atom. The van der Waals surface area contributed by atoms with Gasteiger partial charge >= 0.3 is 0 Å². The number of rotatable bonds is 9. The molecule has 0 radical (unpaired) electrons. The lowest BCUT2D eigenvalue weighted by Gasteiger charge is -2.21. The maximum Gasteiger partial charge on any atom is 0.255 e. The molecular formula is C25H27NO5. The molecule has 0 aliphatic heterocycles. The molecule has 3 aromatic rings. The third-order valence-corrected chi connectivity index (χ3v) is 5.07. The van der Waals surface area contributed by atoms with Gasteiger partial charge in [0.1, 0.15) is 23.0 Å². The van der Waals surface area contributed by atoms with Crippen molar-refractivity contribution in [3.63, 3.8) is 0 Å². The zero-order valence-corrected chi connectivity index (χ0v) is 18.2. The van der Waals surface area contributed by atoms with Gasteiger partial charge in [0.2, 0.25) is 0 Å². The van der Waals surface area contributed by atoms with Crippen LogP contribution in [0.1, 0.15) is 27.5 Å². The minimum absolute atomic E-state index is 0.245. The first-order valence-electron chi connectivity index (χ1n) is 9.87. The Morgan fingerprint density at radius 3 is 1.84 bits per heavy atom. The number of carbonyl (C=O) groups is 1. The molecule has 1 N–H and O–H groups in total. The second kappa shape index (κ2) is 10.4. The van der Waals surface area contributed by atoms with Crippen LogP contribution in [0.5, 0.6) is 23.0 Å². The first-order chi connectivity index (χ1) is 15.1. The van der Waals surface area contributed by atoms with Gasteiger partial charge in [-0.25, -0.2) is 0 Å². The first-order valence-corrected chi connectivity index (χ1v) is 9.87. The van der Waals surface area contributed by atoms with E-state index in [1.54, 1.807) is 39.5 Å². The van der Waals surface area contributed by atoms with Gasteiger partial charge in [-0.15, -0.1) is 0 Å². The Morgan fingerprint density at radius 1 is 0.742 bits per heavy atom. The van der Waals surface area contributed by atoms with Crippen molar-refractivity contribution in [2.24, 2.45) is 0 Å². The lowest BCUT2D eigenvalue weighted by molar-refractivity contribution is 0.0933. The van der Waals surface area contributed by atoms with Crippen molar-refractivity contribution < 1.29 is 23.7 Å². The maximum absolute atomic E-state index is 13.2. The van der Waals surface area contributed by atoms with Crippen molar-refractivity contribution in [2.75, 3.05) is 28.4 Å². The second-order valence-electron chi connectivity index (χ2n) is 6.92. The smallest absolute Gasteiger partial charge is 0.255 e. The highest BCUT2D eigenvalue weighted by Gasteiger charge is 2.20. The molecule has 162 valence electrons. The molecule has 0 aromatic heterocycles. The Bertz CT molecular complexity index is 999. The summed E-state index contributed by atoms with van der Waals surface area (Å²) in [5.41, 5.74) is 2.45. The number of hydrogen-bond donors (Lipinski definition) is 1. The summed E-state index contributed by atoms with van der Waals surface area (Å²) in [7, 11) is 6.36. The molecule has 0 saturated carbocycles. The molecule has 1 unspecified atom stereocenters. The summed E-state index contributed by atoms with van der Waals surface area (Å²) in [5.74, 6) is 2.37. The second-order valence-corrected chi connectivity index (χ2v) is 6.92. The van der Waals surface area contributed by atoms with Crippen molar-refractivity contribution in [3.8, 4) is 23.0 Å². The number of nitrogens with one attached hydrogen (secondary N) is 1. The van der Waals surface area contributed by atoms with Gasteiger partial charge in [0.25, 0.3) is 5.91 Å². The third-order valence-electron chi connectivity index (χ3n) is 5.07. The maximum atomic E-state index is 13.2. The van der Waals surface area contributed by atoms with E-state index in [-0.39, 0.29) is 11.9 Å². The predicted octanol–water partition coefficient (Wildman–Crippen LogP) is 4.43. The average Bonchev–Trinajstić information content (AvgIpc) is 2.83. The van der Waals surface area contributed by atoms with Crippen LogP contribution >= 0.6 is 0 Å². The van der Waals surface area contributed by atoms with Crippen molar-refractivity contribution in [1.82, 2.24) is 5.32 Å². The van der Waals surface area contributed by atoms with Gasteiger partial charge in [-0.2, -0.15) is 0 Å². The van der Waals surface area contributed by atoms with Gasteiger partial charge in [-0.05, 0) is 60.0 Å². The lowest BCUT2D eigenvalue weighted by Crippen LogP contribution is -2.30. The van der Waals surface area contributed by atoms with Crippen LogP contribution in [0.2, 0.25) is 0 Å². The fourth-order valence-electron chi connectivity index (χ4n) is 3.31. The van der Waals surface area contributed by atoms with Gasteiger partial charge in [0.05, 0.1) is 40.0 Å². The van der Waals surface area contributed by atoms with Gasteiger partial charge in [0, 0.05) is 0 Å². The van der Waals surface area contributed by atoms with Crippen molar-refractivity contribution in [1.29, 1.82) is 0 Å². The molecule has 0 aliphatic rings. The molecule has 0 fully saturated rings. The zero-order chi connectivity index (χ0) is 22.2. The van der Waals surface area contributed by atoms with Gasteiger partial charge in [0.15, 0.2) is 0 Å². The van der Waals surface area contributed by atoms with Crippen LogP contribution in [0, 0.1) is 0 Å². The molecule has 0 bridgehead atoms. The summed E-state index contributed by atoms with van der Waals surface area (Å²) in [6, 6.07) is 20.4. The molecule has 6 nitrogen and oxygen atoms in total. The molecule has 1 atom stereocenters. The zero-order valence-electron chi connectivity index (χ0n) is 18.2. The van der Waals surface area contributed by atoms with E-state index in [4.69, 9.17) is 18.9 Å². The molecule has 0 spiro atoms. The highest BCUT2D eigenvalue weighted by atomic mass is 16.5. The summed E-state index contributed by atoms with van der Waals surface area (Å²) >= 11 is 0. The van der Waals surface area contributed by atoms with E-state index in [1.165, 1.54) is 7.11 Å². The molecular weight excluding hydrogens is 394 g/mol. The number of hydrogen-bond acceptors (Lipinski definition) is 5. The monoisotopic (exact) mass is 421 g/mol. The number of ether oxygens (including phenoxy) is 4. The highest BCUT2D eigenvalue weighted by molar-refractivity contribution is 5.97. The molecule has 6 heteroatoms. The van der Waals surface area contributed by atoms with Crippen LogP contribution in [0.3, 0.4) is 0 Å². The van der Waals surface area contributed by atoms with Crippen LogP contribution in [-0.2, 0) is 6.42 Å². The van der Waals surface area contributed by atoms with Crippen LogP contribution in [-0.4, -0.2) is 34.3 Å². The van der Waals surface area contributed by atoms with Crippen molar-refractivity contribution in [3.05, 3.63) is 83.4 Å². The summed E-state index contributed by atoms with van der Waals surface area (Å²) < 4.78 is 21.2. The standard InChI is InChI=1S/C25H27NO5/c1-28-19-9-5-17(6-10-19)15-23(18-7-11-20(29-2)12-8-18)26-25(27)22-16-21(30-3)13-14-24(22)31-4/h5-14,16,23H,15H2,1-4H3,(H,26,27). The topological polar surface area (TPSA) is 66.0 Å². The third kappa shape index (κ3) is 5.48. The Hall–Kier alpha value is -3.67. The average molecular weight is 421 g/mol. The van der Waals surface area contributed by atoms with Crippen LogP contribution in [0.4, 0.5) is 0 Å². The van der Waals surface area contributed by atoms with Gasteiger partial charge in [-0.3, -0.25) is 4.79 Å². The van der Waals surface area contributed by atoms with E-state index in [0.717, 1.165) is 22.6 Å². The number of benzene rings is 3. The summed E-state index contributed by atoms with van der Waals surface area (Å²) in [6.45, 7) is 0. The van der Waals surface area contributed by atoms with Crippen LogP contribution < -0.4 is 24.3 Å². The normalized spacial score (nSPS) is 11.4. The fraction of sp³-hybridized carbons (Fsp3) is 0.240. The number of amides is 1. The van der Waals surface area contributed by atoms with E-state index >= 15 is 0 Å². The largest absolute Gasteiger partial charge is 0.497 e. The Labute approximate surface area is 182 Å². The molecule has 3 rings (SSSR count). The Balaban J connectivity index is 1.90. The number of methoxy groups -OCH3 is 4. The lowest BCUT2D eigenvalue weighted by atomic mass is 9.98. The Kier molecular flexibility index (Phi) is 7.38. The molecule has 0 aliphatic carbocycles. The number of carbonyl (C=O) groups excluding carboxylic acids is 1. The molecule has 0 heterocycles. The summed E-state index contributed by atoms with van der Waals surface area (Å²) in [5, 5.41) is 3.14. The van der Waals surface area contributed by atoms with Crippen molar-refractivity contribution >= 4 is 5.91 Å². The molecule has 1 amide bonds. The molecule has 3 aromatic carbocycles. The van der Waals surface area contributed by atoms with E-state index in [1.807, 2.05) is 48.5 Å². The van der Waals surface area contributed by atoms with Crippen LogP contribution in [0.25, 0.3) is 0 Å². The quantitative estimate of drug-likeness (QED) is 0.554. The minimum Gasteiger partial charge on any atom is -0.497 e.